The molecule has 0 aromatic rings. The number of nitrogens with zero attached hydrogens (tertiary/aromatic N) is 1. The summed E-state index contributed by atoms with van der Waals surface area (Å²) in [5.41, 5.74) is 0. The molecule has 0 aromatic heterocycles. The van der Waals surface area contributed by atoms with Crippen LogP contribution in [0.1, 0.15) is 26.2 Å². The third kappa shape index (κ3) is 3.50. The molecule has 0 radical (unpaired) electrons. The molecule has 1 fully saturated rings. The number of alkyl halides is 2. The topological polar surface area (TPSA) is 12.5 Å². The normalized spacial score (nSPS) is 28.9. The predicted octanol–water partition coefficient (Wildman–Crippen LogP) is 2.35. The summed E-state index contributed by atoms with van der Waals surface area (Å²) in [5, 5.41) is 0. The first kappa shape index (κ1) is 11.9. The van der Waals surface area contributed by atoms with Crippen molar-refractivity contribution in [2.24, 2.45) is 5.92 Å². The summed E-state index contributed by atoms with van der Waals surface area (Å²) in [7, 11) is 2.06. The highest BCUT2D eigenvalue weighted by atomic mass is 19.3. The molecule has 0 saturated carbocycles. The first-order chi connectivity index (χ1) is 6.63. The molecule has 0 bridgehead atoms. The van der Waals surface area contributed by atoms with Gasteiger partial charge >= 0.3 is 6.61 Å². The second-order valence-electron chi connectivity index (χ2n) is 4.08. The van der Waals surface area contributed by atoms with Crippen molar-refractivity contribution in [1.29, 1.82) is 0 Å². The first-order valence-electron chi connectivity index (χ1n) is 5.23. The molecule has 1 aliphatic heterocycles. The van der Waals surface area contributed by atoms with Crippen LogP contribution < -0.4 is 0 Å². The Kier molecular flexibility index (Phi) is 4.75. The minimum atomic E-state index is -2.62. The van der Waals surface area contributed by atoms with E-state index in [1.807, 2.05) is 0 Å². The quantitative estimate of drug-likeness (QED) is 0.686. The van der Waals surface area contributed by atoms with Crippen LogP contribution in [0.25, 0.3) is 0 Å². The van der Waals surface area contributed by atoms with Crippen molar-refractivity contribution in [2.75, 3.05) is 20.2 Å². The van der Waals surface area contributed by atoms with E-state index in [0.29, 0.717) is 6.04 Å². The SMILES string of the molecule is CCC[C@@H]1CC(COC(F)F)CN1C. The molecule has 0 aromatic carbocycles. The fourth-order valence-corrected chi connectivity index (χ4v) is 2.20. The zero-order chi connectivity index (χ0) is 10.6. The van der Waals surface area contributed by atoms with Crippen molar-refractivity contribution < 1.29 is 13.5 Å². The van der Waals surface area contributed by atoms with Crippen molar-refractivity contribution in [3.05, 3.63) is 0 Å². The van der Waals surface area contributed by atoms with Crippen LogP contribution in [0.5, 0.6) is 0 Å². The fourth-order valence-electron chi connectivity index (χ4n) is 2.20. The van der Waals surface area contributed by atoms with Crippen LogP contribution in [-0.2, 0) is 4.74 Å². The number of ether oxygens (including phenoxy) is 1. The zero-order valence-electron chi connectivity index (χ0n) is 8.88. The Morgan fingerprint density at radius 2 is 2.21 bits per heavy atom. The zero-order valence-corrected chi connectivity index (χ0v) is 8.88. The Balaban J connectivity index is 2.24. The summed E-state index contributed by atoms with van der Waals surface area (Å²) in [6.45, 7) is 0.613. The van der Waals surface area contributed by atoms with Gasteiger partial charge in [0.05, 0.1) is 6.61 Å². The molecule has 0 spiro atoms. The number of rotatable bonds is 5. The lowest BCUT2D eigenvalue weighted by atomic mass is 10.0. The highest BCUT2D eigenvalue weighted by Gasteiger charge is 2.29. The van der Waals surface area contributed by atoms with E-state index in [2.05, 4.69) is 23.6 Å². The Morgan fingerprint density at radius 3 is 2.79 bits per heavy atom. The summed E-state index contributed by atoms with van der Waals surface area (Å²) >= 11 is 0. The molecule has 84 valence electrons. The van der Waals surface area contributed by atoms with Crippen molar-refractivity contribution in [3.8, 4) is 0 Å². The van der Waals surface area contributed by atoms with Gasteiger partial charge in [0.1, 0.15) is 0 Å². The molecule has 1 heterocycles. The average molecular weight is 207 g/mol. The molecular weight excluding hydrogens is 188 g/mol. The highest BCUT2D eigenvalue weighted by molar-refractivity contribution is 4.82. The molecule has 0 N–H and O–H groups in total. The molecule has 2 atom stereocenters. The summed E-state index contributed by atoms with van der Waals surface area (Å²) < 4.78 is 27.9. The Hall–Kier alpha value is -0.220. The third-order valence-electron chi connectivity index (χ3n) is 2.85. The van der Waals surface area contributed by atoms with Crippen LogP contribution in [0.4, 0.5) is 8.78 Å². The molecule has 0 aliphatic carbocycles. The molecule has 4 heteroatoms. The van der Waals surface area contributed by atoms with E-state index in [9.17, 15) is 8.78 Å². The van der Waals surface area contributed by atoms with Crippen LogP contribution in [-0.4, -0.2) is 37.8 Å². The fraction of sp³-hybridized carbons (Fsp3) is 1.00. The minimum Gasteiger partial charge on any atom is -0.323 e. The van der Waals surface area contributed by atoms with Gasteiger partial charge in [0.15, 0.2) is 0 Å². The van der Waals surface area contributed by atoms with Gasteiger partial charge < -0.3 is 9.64 Å². The third-order valence-corrected chi connectivity index (χ3v) is 2.85. The van der Waals surface area contributed by atoms with Crippen molar-refractivity contribution in [1.82, 2.24) is 4.90 Å². The van der Waals surface area contributed by atoms with Crippen LogP contribution in [0.3, 0.4) is 0 Å². The summed E-state index contributed by atoms with van der Waals surface area (Å²) in [6.07, 6.45) is 3.30. The van der Waals surface area contributed by atoms with E-state index in [0.717, 1.165) is 25.8 Å². The highest BCUT2D eigenvalue weighted by Crippen LogP contribution is 2.25. The van der Waals surface area contributed by atoms with E-state index < -0.39 is 6.61 Å². The van der Waals surface area contributed by atoms with Crippen LogP contribution >= 0.6 is 0 Å². The molecule has 1 unspecified atom stereocenters. The molecule has 1 aliphatic rings. The second-order valence-corrected chi connectivity index (χ2v) is 4.08. The number of likely N-dealkylation sites (tertiary alicyclic amines) is 1. The van der Waals surface area contributed by atoms with Gasteiger partial charge in [-0.1, -0.05) is 13.3 Å². The van der Waals surface area contributed by atoms with E-state index in [1.165, 1.54) is 0 Å². The number of halogens is 2. The lowest BCUT2D eigenvalue weighted by Gasteiger charge is -2.17. The van der Waals surface area contributed by atoms with Crippen LogP contribution in [0.2, 0.25) is 0 Å². The number of hydrogen-bond donors (Lipinski definition) is 0. The molecule has 1 rings (SSSR count). The van der Waals surface area contributed by atoms with Gasteiger partial charge in [-0.15, -0.1) is 0 Å². The van der Waals surface area contributed by atoms with Gasteiger partial charge in [-0.25, -0.2) is 0 Å². The first-order valence-corrected chi connectivity index (χ1v) is 5.23. The van der Waals surface area contributed by atoms with E-state index in [1.54, 1.807) is 0 Å². The van der Waals surface area contributed by atoms with Gasteiger partial charge in [-0.2, -0.15) is 8.78 Å². The van der Waals surface area contributed by atoms with Crippen molar-refractivity contribution in [3.63, 3.8) is 0 Å². The minimum absolute atomic E-state index is 0.197. The Bertz CT molecular complexity index is 166. The predicted molar refractivity (Wildman–Crippen MR) is 51.4 cm³/mol. The maximum atomic E-state index is 11.8. The lowest BCUT2D eigenvalue weighted by molar-refractivity contribution is -0.137. The van der Waals surface area contributed by atoms with E-state index in [4.69, 9.17) is 0 Å². The summed E-state index contributed by atoms with van der Waals surface area (Å²) in [4.78, 5) is 2.25. The maximum Gasteiger partial charge on any atom is 0.345 e. The molecule has 14 heavy (non-hydrogen) atoms. The van der Waals surface area contributed by atoms with Crippen LogP contribution in [0.15, 0.2) is 0 Å². The average Bonchev–Trinajstić information content (AvgIpc) is 2.45. The molecule has 0 amide bonds. The van der Waals surface area contributed by atoms with Crippen molar-refractivity contribution >= 4 is 0 Å². The Labute approximate surface area is 84.2 Å². The second kappa shape index (κ2) is 5.61. The summed E-state index contributed by atoms with van der Waals surface area (Å²) in [6, 6.07) is 0.561. The van der Waals surface area contributed by atoms with Gasteiger partial charge in [0.2, 0.25) is 0 Å². The maximum absolute atomic E-state index is 11.8. The lowest BCUT2D eigenvalue weighted by Crippen LogP contribution is -2.24. The Morgan fingerprint density at radius 1 is 1.50 bits per heavy atom. The van der Waals surface area contributed by atoms with Gasteiger partial charge in [-0.3, -0.25) is 0 Å². The number of hydrogen-bond acceptors (Lipinski definition) is 2. The summed E-state index contributed by atoms with van der Waals surface area (Å²) in [5.74, 6) is 0.283. The molecule has 1 saturated heterocycles. The largest absolute Gasteiger partial charge is 0.345 e. The van der Waals surface area contributed by atoms with E-state index >= 15 is 0 Å². The smallest absolute Gasteiger partial charge is 0.323 e. The molecule has 2 nitrogen and oxygen atoms in total. The van der Waals surface area contributed by atoms with Crippen molar-refractivity contribution in [2.45, 2.75) is 38.8 Å². The standard InChI is InChI=1S/C10H19F2NO/c1-3-4-9-5-8(6-13(9)2)7-14-10(11)12/h8-10H,3-7H2,1-2H3/t8?,9-/m1/s1. The van der Waals surface area contributed by atoms with Gasteiger partial charge in [0, 0.05) is 12.6 Å². The van der Waals surface area contributed by atoms with Crippen LogP contribution in [0, 0.1) is 5.92 Å². The van der Waals surface area contributed by atoms with E-state index in [-0.39, 0.29) is 12.5 Å². The monoisotopic (exact) mass is 207 g/mol. The molecular formula is C10H19F2NO. The van der Waals surface area contributed by atoms with Gasteiger partial charge in [-0.05, 0) is 25.8 Å². The van der Waals surface area contributed by atoms with Gasteiger partial charge in [0.25, 0.3) is 0 Å².